The number of alkyl halides is 1. The highest BCUT2D eigenvalue weighted by molar-refractivity contribution is 14.1. The Morgan fingerprint density at radius 1 is 0.976 bits per heavy atom. The number of carbonyl (C=O) groups is 2. The van der Waals surface area contributed by atoms with Crippen LogP contribution in [0.1, 0.15) is 30.8 Å². The fourth-order valence-electron chi connectivity index (χ4n) is 4.56. The number of hydrogen-bond acceptors (Lipinski definition) is 5. The zero-order valence-electron chi connectivity index (χ0n) is 24.9. The first-order valence-corrected chi connectivity index (χ1v) is 14.9. The molecule has 42 heavy (non-hydrogen) atoms. The number of pyridine rings is 1. The van der Waals surface area contributed by atoms with Gasteiger partial charge >= 0.3 is 6.03 Å². The van der Waals surface area contributed by atoms with Crippen molar-refractivity contribution in [1.82, 2.24) is 14.8 Å². The second-order valence-electron chi connectivity index (χ2n) is 9.79. The molecule has 0 aliphatic rings. The van der Waals surface area contributed by atoms with Crippen molar-refractivity contribution in [2.45, 2.75) is 33.6 Å². The summed E-state index contributed by atoms with van der Waals surface area (Å²) in [7, 11) is 0. The normalized spacial score (nSPS) is 10.8. The van der Waals surface area contributed by atoms with Gasteiger partial charge in [-0.1, -0.05) is 64.6 Å². The predicted molar refractivity (Wildman–Crippen MR) is 177 cm³/mol. The number of ketones is 1. The Kier molecular flexibility index (Phi) is 10.2. The Balaban J connectivity index is 0.00000135. The molecule has 0 fully saturated rings. The summed E-state index contributed by atoms with van der Waals surface area (Å²) in [5.41, 5.74) is 5.30. The number of nitrogens with one attached hydrogen (secondary N) is 2. The largest absolute Gasteiger partial charge is 0.493 e. The quantitative estimate of drug-likeness (QED) is 0.125. The van der Waals surface area contributed by atoms with E-state index in [0.717, 1.165) is 44.7 Å². The van der Waals surface area contributed by atoms with E-state index in [1.165, 1.54) is 0 Å². The number of amides is 2. The minimum Gasteiger partial charge on any atom is -0.493 e. The Hall–Kier alpha value is -4.25. The van der Waals surface area contributed by atoms with Gasteiger partial charge in [0.05, 0.1) is 23.7 Å². The van der Waals surface area contributed by atoms with Crippen LogP contribution in [-0.4, -0.2) is 38.1 Å². The molecule has 0 radical (unpaired) electrons. The van der Waals surface area contributed by atoms with E-state index in [9.17, 15) is 9.59 Å². The SMILES string of the molecule is CC(=O)Cc1cc(CCOc2ccc(NC(=O)Nc3cc(C)nn3-c3ccc(C)cc3)c3ccccc23)ccn1.[2H]CI. The van der Waals surface area contributed by atoms with Crippen LogP contribution in [-0.2, 0) is 17.6 Å². The van der Waals surface area contributed by atoms with Gasteiger partial charge < -0.3 is 10.1 Å². The van der Waals surface area contributed by atoms with Gasteiger partial charge in [-0.15, -0.1) is 0 Å². The summed E-state index contributed by atoms with van der Waals surface area (Å²) in [5, 5.41) is 12.2. The lowest BCUT2D eigenvalue weighted by Crippen LogP contribution is -2.21. The number of aromatic nitrogens is 3. The number of hydrogen-bond donors (Lipinski definition) is 2. The summed E-state index contributed by atoms with van der Waals surface area (Å²) >= 11 is 1.96. The number of rotatable bonds is 9. The maximum atomic E-state index is 13.1. The summed E-state index contributed by atoms with van der Waals surface area (Å²) < 4.78 is 14.1. The van der Waals surface area contributed by atoms with Crippen LogP contribution < -0.4 is 15.4 Å². The highest BCUT2D eigenvalue weighted by atomic mass is 127. The highest BCUT2D eigenvalue weighted by Gasteiger charge is 2.14. The Labute approximate surface area is 261 Å². The highest BCUT2D eigenvalue weighted by Crippen LogP contribution is 2.32. The number of carbonyl (C=O) groups excluding carboxylic acids is 2. The first-order valence-electron chi connectivity index (χ1n) is 14.1. The van der Waals surface area contributed by atoms with Gasteiger partial charge in [0, 0.05) is 42.9 Å². The van der Waals surface area contributed by atoms with Gasteiger partial charge in [0.2, 0.25) is 0 Å². The monoisotopic (exact) mass is 676 g/mol. The fraction of sp³-hybridized carbons (Fsp3) is 0.212. The van der Waals surface area contributed by atoms with Crippen molar-refractivity contribution >= 4 is 56.7 Å². The smallest absolute Gasteiger partial charge is 0.324 e. The first kappa shape index (κ1) is 29.2. The lowest BCUT2D eigenvalue weighted by molar-refractivity contribution is -0.116. The van der Waals surface area contributed by atoms with Crippen LogP contribution >= 0.6 is 22.6 Å². The average Bonchev–Trinajstić information content (AvgIpc) is 3.34. The molecule has 5 aromatic rings. The summed E-state index contributed by atoms with van der Waals surface area (Å²) in [6.45, 7) is 5.94. The van der Waals surface area contributed by atoms with Gasteiger partial charge in [-0.3, -0.25) is 15.1 Å². The minimum absolute atomic E-state index is 0.0850. The third-order valence-corrected chi connectivity index (χ3v) is 6.44. The molecule has 2 aromatic heterocycles. The van der Waals surface area contributed by atoms with Crippen molar-refractivity contribution in [2.24, 2.45) is 0 Å². The number of nitrogens with zero attached hydrogens (tertiary/aromatic N) is 3. The number of Topliss-reactive ketones (excluding diaryl/α,β-unsaturated/α-hetero) is 1. The zero-order valence-corrected chi connectivity index (χ0v) is 26.0. The molecule has 0 atom stereocenters. The third kappa shape index (κ3) is 7.94. The number of benzene rings is 3. The molecule has 9 heteroatoms. The van der Waals surface area contributed by atoms with Crippen molar-refractivity contribution < 1.29 is 15.7 Å². The van der Waals surface area contributed by atoms with Gasteiger partial charge in [0.15, 0.2) is 0 Å². The van der Waals surface area contributed by atoms with Crippen LogP contribution in [0.3, 0.4) is 0 Å². The van der Waals surface area contributed by atoms with E-state index in [0.29, 0.717) is 35.9 Å². The second-order valence-corrected chi connectivity index (χ2v) is 9.79. The lowest BCUT2D eigenvalue weighted by Gasteiger charge is -2.14. The predicted octanol–water partition coefficient (Wildman–Crippen LogP) is 7.49. The molecule has 2 heterocycles. The molecular formula is C33H34IN5O3. The molecule has 216 valence electrons. The molecule has 8 nitrogen and oxygen atoms in total. The molecule has 0 bridgehead atoms. The lowest BCUT2D eigenvalue weighted by atomic mass is 10.1. The van der Waals surface area contributed by atoms with Crippen molar-refractivity contribution in [3.63, 3.8) is 0 Å². The maximum absolute atomic E-state index is 13.1. The summed E-state index contributed by atoms with van der Waals surface area (Å²) in [6, 6.07) is 24.8. The molecule has 5 rings (SSSR count). The molecule has 0 saturated heterocycles. The topological polar surface area (TPSA) is 98.1 Å². The molecule has 3 aromatic carbocycles. The first-order chi connectivity index (χ1) is 20.8. The van der Waals surface area contributed by atoms with Crippen molar-refractivity contribution in [3.8, 4) is 11.4 Å². The van der Waals surface area contributed by atoms with Crippen molar-refractivity contribution in [1.29, 1.82) is 0 Å². The number of fused-ring (bicyclic) bond motifs is 1. The Morgan fingerprint density at radius 2 is 1.71 bits per heavy atom. The summed E-state index contributed by atoms with van der Waals surface area (Å²) in [4.78, 5) is 29.2. The van der Waals surface area contributed by atoms with Crippen LogP contribution in [0.5, 0.6) is 5.75 Å². The molecule has 0 saturated carbocycles. The summed E-state index contributed by atoms with van der Waals surface area (Å²) in [6.07, 6.45) is 2.73. The van der Waals surface area contributed by atoms with E-state index >= 15 is 0 Å². The van der Waals surface area contributed by atoms with E-state index in [1.807, 2.05) is 115 Å². The van der Waals surface area contributed by atoms with Crippen molar-refractivity contribution in [3.05, 3.63) is 108 Å². The van der Waals surface area contributed by atoms with Crippen molar-refractivity contribution in [2.75, 3.05) is 22.1 Å². The van der Waals surface area contributed by atoms with E-state index in [4.69, 9.17) is 6.11 Å². The molecule has 0 aliphatic heterocycles. The Bertz CT molecular complexity index is 1710. The second kappa shape index (κ2) is 14.6. The number of aryl methyl sites for hydroxylation is 2. The molecule has 2 amide bonds. The number of anilines is 2. The summed E-state index contributed by atoms with van der Waals surface area (Å²) in [5.74, 6) is 1.39. The minimum atomic E-state index is -0.369. The van der Waals surface area contributed by atoms with Crippen LogP contribution in [0.2, 0.25) is 0 Å². The van der Waals surface area contributed by atoms with E-state index in [1.54, 1.807) is 17.8 Å². The molecule has 0 spiro atoms. The number of ether oxygens (including phenoxy) is 1. The number of halogens is 1. The average molecular weight is 677 g/mol. The van der Waals surface area contributed by atoms with Crippen LogP contribution in [0.4, 0.5) is 16.3 Å². The molecule has 0 unspecified atom stereocenters. The maximum Gasteiger partial charge on any atom is 0.324 e. The standard InChI is InChI=1S/C32H31N5O3.CH3I/c1-21-8-10-26(11-9-21)37-31(18-22(2)36-37)35-32(39)34-29-12-13-30(28-7-5-4-6-27(28)29)40-17-15-24-14-16-33-25(20-24)19-23(3)38;1-2/h4-14,16,18,20H,15,17,19H2,1-3H3,(H2,34,35,39);1H3/i;1D. The van der Waals surface area contributed by atoms with E-state index in [2.05, 4.69) is 20.7 Å². The van der Waals surface area contributed by atoms with E-state index in [-0.39, 0.29) is 11.8 Å². The van der Waals surface area contributed by atoms with Gasteiger partial charge in [0.1, 0.15) is 17.4 Å². The molecule has 2 N–H and O–H groups in total. The van der Waals surface area contributed by atoms with Crippen LogP contribution in [0.25, 0.3) is 16.5 Å². The molecular weight excluding hydrogens is 641 g/mol. The Morgan fingerprint density at radius 3 is 2.45 bits per heavy atom. The number of urea groups is 1. The zero-order chi connectivity index (χ0) is 30.8. The van der Waals surface area contributed by atoms with Gasteiger partial charge in [-0.05, 0) is 67.6 Å². The van der Waals surface area contributed by atoms with Gasteiger partial charge in [0.25, 0.3) is 0 Å². The van der Waals surface area contributed by atoms with Crippen LogP contribution in [0.15, 0.2) is 85.1 Å². The van der Waals surface area contributed by atoms with E-state index < -0.39 is 0 Å². The van der Waals surface area contributed by atoms with Crippen LogP contribution in [0, 0.1) is 13.8 Å². The third-order valence-electron chi connectivity index (χ3n) is 6.44. The van der Waals surface area contributed by atoms with Gasteiger partial charge in [-0.25, -0.2) is 9.48 Å². The van der Waals surface area contributed by atoms with Gasteiger partial charge in [-0.2, -0.15) is 5.10 Å². The fourth-order valence-corrected chi connectivity index (χ4v) is 4.56. The molecule has 0 aliphatic carbocycles.